The number of esters is 1. The van der Waals surface area contributed by atoms with Crippen molar-refractivity contribution in [2.45, 2.75) is 4.90 Å². The van der Waals surface area contributed by atoms with Gasteiger partial charge >= 0.3 is 5.97 Å². The number of anilines is 1. The summed E-state index contributed by atoms with van der Waals surface area (Å²) in [5, 5.41) is 0.107. The Bertz CT molecular complexity index is 910. The topological polar surface area (TPSA) is 72.9 Å². The van der Waals surface area contributed by atoms with Crippen molar-refractivity contribution >= 4 is 33.3 Å². The predicted octanol–water partition coefficient (Wildman–Crippen LogP) is 3.52. The third-order valence-corrected chi connectivity index (χ3v) is 5.71. The van der Waals surface area contributed by atoms with Gasteiger partial charge in [0, 0.05) is 0 Å². The highest BCUT2D eigenvalue weighted by Crippen LogP contribution is 2.28. The zero-order chi connectivity index (χ0) is 19.3. The number of benzene rings is 2. The molecular weight excluding hydrogens is 378 g/mol. The van der Waals surface area contributed by atoms with Gasteiger partial charge in [0.2, 0.25) is 0 Å². The first-order chi connectivity index (χ1) is 12.3. The molecule has 0 saturated heterocycles. The Hall–Kier alpha value is -2.51. The number of carbonyl (C=O) groups is 1. The Morgan fingerprint density at radius 3 is 2.38 bits per heavy atom. The summed E-state index contributed by atoms with van der Waals surface area (Å²) in [6.07, 6.45) is 1.47. The van der Waals surface area contributed by atoms with Gasteiger partial charge in [-0.05, 0) is 42.5 Å². The number of sulfonamides is 1. The smallest absolute Gasteiger partial charge is 0.339 e. The molecule has 2 rings (SSSR count). The van der Waals surface area contributed by atoms with Gasteiger partial charge in [0.05, 0.1) is 41.9 Å². The monoisotopic (exact) mass is 395 g/mol. The van der Waals surface area contributed by atoms with E-state index in [1.54, 1.807) is 24.3 Å². The molecule has 0 N–H and O–H groups in total. The first-order valence-corrected chi connectivity index (χ1v) is 9.32. The van der Waals surface area contributed by atoms with Gasteiger partial charge in [-0.25, -0.2) is 13.2 Å². The summed E-state index contributed by atoms with van der Waals surface area (Å²) in [4.78, 5) is 11.7. The number of methoxy groups -OCH3 is 2. The molecule has 0 bridgehead atoms. The molecule has 2 aromatic rings. The Kier molecular flexibility index (Phi) is 6.28. The van der Waals surface area contributed by atoms with E-state index >= 15 is 0 Å². The number of carbonyl (C=O) groups excluding carboxylic acids is 1. The van der Waals surface area contributed by atoms with Crippen LogP contribution < -0.4 is 9.04 Å². The van der Waals surface area contributed by atoms with E-state index in [9.17, 15) is 13.2 Å². The van der Waals surface area contributed by atoms with E-state index in [0.29, 0.717) is 11.4 Å². The highest BCUT2D eigenvalue weighted by atomic mass is 35.5. The number of hydrogen-bond donors (Lipinski definition) is 0. The Morgan fingerprint density at radius 2 is 1.85 bits per heavy atom. The Labute approximate surface area is 157 Å². The lowest BCUT2D eigenvalue weighted by Crippen LogP contribution is -2.31. The molecule has 0 unspecified atom stereocenters. The lowest BCUT2D eigenvalue weighted by Gasteiger charge is -2.23. The van der Waals surface area contributed by atoms with E-state index in [2.05, 4.69) is 11.3 Å². The highest BCUT2D eigenvalue weighted by molar-refractivity contribution is 7.92. The van der Waals surface area contributed by atoms with Crippen LogP contribution in [0.2, 0.25) is 5.02 Å². The zero-order valence-electron chi connectivity index (χ0n) is 14.3. The summed E-state index contributed by atoms with van der Waals surface area (Å²) in [5.41, 5.74) is 0.406. The fourth-order valence-corrected chi connectivity index (χ4v) is 3.92. The van der Waals surface area contributed by atoms with E-state index < -0.39 is 16.0 Å². The van der Waals surface area contributed by atoms with Crippen LogP contribution >= 0.6 is 11.6 Å². The molecule has 8 heteroatoms. The van der Waals surface area contributed by atoms with Gasteiger partial charge in [0.25, 0.3) is 10.0 Å². The molecule has 0 aromatic heterocycles. The van der Waals surface area contributed by atoms with Crippen molar-refractivity contribution in [2.24, 2.45) is 0 Å². The molecule has 0 amide bonds. The molecular formula is C18H18ClNO5S. The van der Waals surface area contributed by atoms with Crippen molar-refractivity contribution in [3.8, 4) is 5.75 Å². The van der Waals surface area contributed by atoms with Gasteiger partial charge in [-0.15, -0.1) is 6.58 Å². The molecule has 0 fully saturated rings. The summed E-state index contributed by atoms with van der Waals surface area (Å²) in [7, 11) is -1.24. The first kappa shape index (κ1) is 19.8. The maximum absolute atomic E-state index is 13.1. The lowest BCUT2D eigenvalue weighted by molar-refractivity contribution is 0.0600. The molecule has 0 heterocycles. The Balaban J connectivity index is 2.53. The van der Waals surface area contributed by atoms with Crippen LogP contribution in [0.15, 0.2) is 60.0 Å². The second kappa shape index (κ2) is 8.25. The summed E-state index contributed by atoms with van der Waals surface area (Å²) in [6, 6.07) is 10.4. The summed E-state index contributed by atoms with van der Waals surface area (Å²) >= 11 is 5.97. The minimum absolute atomic E-state index is 0.0245. The predicted molar refractivity (Wildman–Crippen MR) is 101 cm³/mol. The number of nitrogens with zero attached hydrogens (tertiary/aromatic N) is 1. The van der Waals surface area contributed by atoms with E-state index in [4.69, 9.17) is 16.3 Å². The maximum Gasteiger partial charge on any atom is 0.339 e. The lowest BCUT2D eigenvalue weighted by atomic mass is 10.2. The Morgan fingerprint density at radius 1 is 1.19 bits per heavy atom. The van der Waals surface area contributed by atoms with Crippen LogP contribution in [0, 0.1) is 0 Å². The van der Waals surface area contributed by atoms with Crippen LogP contribution in [0.5, 0.6) is 5.75 Å². The van der Waals surface area contributed by atoms with Gasteiger partial charge in [-0.2, -0.15) is 0 Å². The molecule has 26 heavy (non-hydrogen) atoms. The van der Waals surface area contributed by atoms with E-state index in [-0.39, 0.29) is 22.0 Å². The fourth-order valence-electron chi connectivity index (χ4n) is 2.27. The average Bonchev–Trinajstić information content (AvgIpc) is 2.65. The van der Waals surface area contributed by atoms with Gasteiger partial charge in [-0.1, -0.05) is 17.7 Å². The molecule has 0 spiro atoms. The van der Waals surface area contributed by atoms with Gasteiger partial charge in [0.15, 0.2) is 0 Å². The van der Waals surface area contributed by atoms with Gasteiger partial charge < -0.3 is 9.47 Å². The van der Waals surface area contributed by atoms with Crippen molar-refractivity contribution in [1.29, 1.82) is 0 Å². The van der Waals surface area contributed by atoms with E-state index in [1.807, 2.05) is 0 Å². The molecule has 2 aromatic carbocycles. The van der Waals surface area contributed by atoms with Crippen molar-refractivity contribution < 1.29 is 22.7 Å². The largest absolute Gasteiger partial charge is 0.497 e. The minimum Gasteiger partial charge on any atom is -0.497 e. The summed E-state index contributed by atoms with van der Waals surface area (Å²) in [5.74, 6) is -0.115. The fraction of sp³-hybridized carbons (Fsp3) is 0.167. The number of rotatable bonds is 7. The van der Waals surface area contributed by atoms with Crippen LogP contribution in [0.25, 0.3) is 0 Å². The van der Waals surface area contributed by atoms with Crippen LogP contribution in [-0.4, -0.2) is 35.2 Å². The molecule has 6 nitrogen and oxygen atoms in total. The zero-order valence-corrected chi connectivity index (χ0v) is 15.9. The molecule has 138 valence electrons. The second-order valence-corrected chi connectivity index (χ2v) is 7.43. The first-order valence-electron chi connectivity index (χ1n) is 7.50. The van der Waals surface area contributed by atoms with Crippen LogP contribution in [0.3, 0.4) is 0 Å². The number of ether oxygens (including phenoxy) is 2. The molecule has 0 aliphatic heterocycles. The molecule has 0 radical (unpaired) electrons. The summed E-state index contributed by atoms with van der Waals surface area (Å²) in [6.45, 7) is 3.66. The minimum atomic E-state index is -3.96. The quantitative estimate of drug-likeness (QED) is 0.529. The van der Waals surface area contributed by atoms with Crippen molar-refractivity contribution in [3.63, 3.8) is 0 Å². The van der Waals surface area contributed by atoms with Crippen LogP contribution in [0.1, 0.15) is 10.4 Å². The number of halogens is 1. The molecule has 0 saturated carbocycles. The molecule has 0 atom stereocenters. The maximum atomic E-state index is 13.1. The normalized spacial score (nSPS) is 10.9. The number of hydrogen-bond acceptors (Lipinski definition) is 5. The van der Waals surface area contributed by atoms with Gasteiger partial charge in [-0.3, -0.25) is 4.31 Å². The summed E-state index contributed by atoms with van der Waals surface area (Å²) < 4.78 is 37.1. The SMILES string of the molecule is C=CCN(c1ccc(OC)cc1)S(=O)(=O)c1ccc(Cl)c(C(=O)OC)c1. The standard InChI is InChI=1S/C18H18ClNO5S/c1-4-11-20(13-5-7-14(24-2)8-6-13)26(22,23)15-9-10-17(19)16(12-15)18(21)25-3/h4-10,12H,1,11H2,2-3H3. The van der Waals surface area contributed by atoms with E-state index in [1.165, 1.54) is 42.8 Å². The van der Waals surface area contributed by atoms with Crippen LogP contribution in [0.4, 0.5) is 5.69 Å². The van der Waals surface area contributed by atoms with Crippen molar-refractivity contribution in [3.05, 3.63) is 65.7 Å². The highest BCUT2D eigenvalue weighted by Gasteiger charge is 2.26. The van der Waals surface area contributed by atoms with Gasteiger partial charge in [0.1, 0.15) is 5.75 Å². The van der Waals surface area contributed by atoms with Crippen LogP contribution in [-0.2, 0) is 14.8 Å². The molecule has 0 aliphatic rings. The molecule has 0 aliphatic carbocycles. The average molecular weight is 396 g/mol. The second-order valence-electron chi connectivity index (χ2n) is 5.16. The van der Waals surface area contributed by atoms with Crippen molar-refractivity contribution in [1.82, 2.24) is 0 Å². The van der Waals surface area contributed by atoms with E-state index in [0.717, 1.165) is 0 Å². The third-order valence-electron chi connectivity index (χ3n) is 3.59. The third kappa shape index (κ3) is 4.00. The van der Waals surface area contributed by atoms with Crippen molar-refractivity contribution in [2.75, 3.05) is 25.1 Å².